The fraction of sp³-hybridized carbons (Fsp3) is 0.133. The Kier molecular flexibility index (Phi) is 5.15. The molecule has 0 bridgehead atoms. The molecule has 0 aliphatic rings. The Morgan fingerprint density at radius 2 is 2.05 bits per heavy atom. The smallest absolute Gasteiger partial charge is 0.174 e. The highest BCUT2D eigenvalue weighted by Gasteiger charge is 2.09. The lowest BCUT2D eigenvalue weighted by atomic mass is 10.1. The SMILES string of the molecule is O=C(COc1cccc(Cl)c1)Cc1ccc(Br)cc1F. The number of carbonyl (C=O) groups is 1. The maximum atomic E-state index is 13.6. The van der Waals surface area contributed by atoms with Gasteiger partial charge in [-0.1, -0.05) is 39.7 Å². The fourth-order valence-electron chi connectivity index (χ4n) is 1.65. The summed E-state index contributed by atoms with van der Waals surface area (Å²) in [4.78, 5) is 11.8. The van der Waals surface area contributed by atoms with Gasteiger partial charge in [-0.05, 0) is 35.9 Å². The van der Waals surface area contributed by atoms with Crippen LogP contribution in [0, 0.1) is 5.82 Å². The van der Waals surface area contributed by atoms with Gasteiger partial charge in [0.05, 0.1) is 0 Å². The molecule has 0 aliphatic carbocycles. The third kappa shape index (κ3) is 4.32. The third-order valence-electron chi connectivity index (χ3n) is 2.60. The van der Waals surface area contributed by atoms with Crippen LogP contribution in [-0.2, 0) is 11.2 Å². The molecular weight excluding hydrogens is 347 g/mol. The minimum atomic E-state index is -0.407. The van der Waals surface area contributed by atoms with E-state index in [-0.39, 0.29) is 18.8 Å². The van der Waals surface area contributed by atoms with E-state index in [0.29, 0.717) is 20.8 Å². The summed E-state index contributed by atoms with van der Waals surface area (Å²) in [7, 11) is 0. The van der Waals surface area contributed by atoms with Gasteiger partial charge in [0.15, 0.2) is 5.78 Å². The van der Waals surface area contributed by atoms with Gasteiger partial charge in [0, 0.05) is 15.9 Å². The summed E-state index contributed by atoms with van der Waals surface area (Å²) in [5.74, 6) is -0.0937. The standard InChI is InChI=1S/C15H11BrClFO2/c16-11-5-4-10(15(18)7-11)6-13(19)9-20-14-3-1-2-12(17)8-14/h1-5,7-8H,6,9H2. The molecule has 2 aromatic rings. The first kappa shape index (κ1) is 15.0. The Morgan fingerprint density at radius 1 is 1.25 bits per heavy atom. The second-order valence-corrected chi connectivity index (χ2v) is 5.55. The number of hydrogen-bond donors (Lipinski definition) is 0. The first-order valence-electron chi connectivity index (χ1n) is 5.88. The summed E-state index contributed by atoms with van der Waals surface area (Å²) in [6.07, 6.45) is -0.000318. The van der Waals surface area contributed by atoms with Crippen molar-refractivity contribution in [3.05, 3.63) is 63.3 Å². The van der Waals surface area contributed by atoms with Crippen molar-refractivity contribution in [1.82, 2.24) is 0 Å². The Morgan fingerprint density at radius 3 is 2.75 bits per heavy atom. The Hall–Kier alpha value is -1.39. The van der Waals surface area contributed by atoms with Gasteiger partial charge in [0.1, 0.15) is 18.2 Å². The van der Waals surface area contributed by atoms with Gasteiger partial charge in [-0.25, -0.2) is 4.39 Å². The van der Waals surface area contributed by atoms with Crippen LogP contribution in [0.5, 0.6) is 5.75 Å². The van der Waals surface area contributed by atoms with Crippen LogP contribution in [-0.4, -0.2) is 12.4 Å². The number of ether oxygens (including phenoxy) is 1. The minimum Gasteiger partial charge on any atom is -0.486 e. The number of halogens is 3. The van der Waals surface area contributed by atoms with Gasteiger partial charge in [-0.15, -0.1) is 0 Å². The van der Waals surface area contributed by atoms with Crippen molar-refractivity contribution in [1.29, 1.82) is 0 Å². The number of Topliss-reactive ketones (excluding diaryl/α,β-unsaturated/α-hetero) is 1. The number of carbonyl (C=O) groups excluding carboxylic acids is 1. The lowest BCUT2D eigenvalue weighted by Gasteiger charge is -2.06. The molecule has 0 fully saturated rings. The average molecular weight is 358 g/mol. The molecule has 5 heteroatoms. The zero-order chi connectivity index (χ0) is 14.5. The zero-order valence-electron chi connectivity index (χ0n) is 10.4. The van der Waals surface area contributed by atoms with Crippen LogP contribution in [0.15, 0.2) is 46.9 Å². The predicted octanol–water partition coefficient (Wildman–Crippen LogP) is 4.43. The first-order valence-corrected chi connectivity index (χ1v) is 7.05. The van der Waals surface area contributed by atoms with E-state index in [9.17, 15) is 9.18 Å². The van der Waals surface area contributed by atoms with Gasteiger partial charge in [-0.2, -0.15) is 0 Å². The summed E-state index contributed by atoms with van der Waals surface area (Å²) in [5.41, 5.74) is 0.355. The Labute approximate surface area is 129 Å². The minimum absolute atomic E-state index is 0.000318. The second-order valence-electron chi connectivity index (χ2n) is 4.20. The lowest BCUT2D eigenvalue weighted by Crippen LogP contribution is -2.14. The second kappa shape index (κ2) is 6.86. The van der Waals surface area contributed by atoms with Crippen molar-refractivity contribution >= 4 is 33.3 Å². The van der Waals surface area contributed by atoms with Gasteiger partial charge < -0.3 is 4.74 Å². The van der Waals surface area contributed by atoms with Crippen LogP contribution >= 0.6 is 27.5 Å². The molecule has 2 aromatic carbocycles. The van der Waals surface area contributed by atoms with E-state index in [1.54, 1.807) is 36.4 Å². The highest BCUT2D eigenvalue weighted by molar-refractivity contribution is 9.10. The summed E-state index contributed by atoms with van der Waals surface area (Å²) >= 11 is 8.98. The molecule has 0 radical (unpaired) electrons. The molecule has 0 N–H and O–H groups in total. The monoisotopic (exact) mass is 356 g/mol. The van der Waals surface area contributed by atoms with E-state index < -0.39 is 5.82 Å². The third-order valence-corrected chi connectivity index (χ3v) is 3.33. The summed E-state index contributed by atoms with van der Waals surface area (Å²) in [6, 6.07) is 11.4. The summed E-state index contributed by atoms with van der Waals surface area (Å²) in [6.45, 7) is -0.115. The molecule has 0 heterocycles. The van der Waals surface area contributed by atoms with Crippen LogP contribution in [0.25, 0.3) is 0 Å². The Balaban J connectivity index is 1.92. The van der Waals surface area contributed by atoms with Crippen molar-refractivity contribution in [2.75, 3.05) is 6.61 Å². The van der Waals surface area contributed by atoms with E-state index in [4.69, 9.17) is 16.3 Å². The largest absolute Gasteiger partial charge is 0.486 e. The quantitative estimate of drug-likeness (QED) is 0.791. The van der Waals surface area contributed by atoms with Crippen LogP contribution in [0.2, 0.25) is 5.02 Å². The number of rotatable bonds is 5. The fourth-order valence-corrected chi connectivity index (χ4v) is 2.16. The zero-order valence-corrected chi connectivity index (χ0v) is 12.7. The molecule has 20 heavy (non-hydrogen) atoms. The molecular formula is C15H11BrClFO2. The van der Waals surface area contributed by atoms with Crippen molar-refractivity contribution in [3.63, 3.8) is 0 Å². The molecule has 0 saturated carbocycles. The molecule has 0 spiro atoms. The van der Waals surface area contributed by atoms with Crippen molar-refractivity contribution < 1.29 is 13.9 Å². The molecule has 2 rings (SSSR count). The topological polar surface area (TPSA) is 26.3 Å². The summed E-state index contributed by atoms with van der Waals surface area (Å²) < 4.78 is 19.5. The van der Waals surface area contributed by atoms with E-state index >= 15 is 0 Å². The highest BCUT2D eigenvalue weighted by Crippen LogP contribution is 2.18. The average Bonchev–Trinajstić information content (AvgIpc) is 2.40. The molecule has 0 amide bonds. The van der Waals surface area contributed by atoms with Gasteiger partial charge in [0.25, 0.3) is 0 Å². The molecule has 104 valence electrons. The van der Waals surface area contributed by atoms with Crippen LogP contribution in [0.3, 0.4) is 0 Å². The van der Waals surface area contributed by atoms with Gasteiger partial charge >= 0.3 is 0 Å². The summed E-state index contributed by atoms with van der Waals surface area (Å²) in [5, 5.41) is 0.536. The van der Waals surface area contributed by atoms with Crippen LogP contribution in [0.4, 0.5) is 4.39 Å². The predicted molar refractivity (Wildman–Crippen MR) is 79.8 cm³/mol. The van der Waals surface area contributed by atoms with E-state index in [2.05, 4.69) is 15.9 Å². The number of benzene rings is 2. The van der Waals surface area contributed by atoms with Crippen molar-refractivity contribution in [3.8, 4) is 5.75 Å². The molecule has 0 unspecified atom stereocenters. The Bertz CT molecular complexity index is 631. The molecule has 0 atom stereocenters. The normalized spacial score (nSPS) is 10.3. The molecule has 0 saturated heterocycles. The molecule has 2 nitrogen and oxygen atoms in total. The van der Waals surface area contributed by atoms with Gasteiger partial charge in [-0.3, -0.25) is 4.79 Å². The van der Waals surface area contributed by atoms with E-state index in [0.717, 1.165) is 0 Å². The van der Waals surface area contributed by atoms with Crippen LogP contribution < -0.4 is 4.74 Å². The van der Waals surface area contributed by atoms with Gasteiger partial charge in [0.2, 0.25) is 0 Å². The van der Waals surface area contributed by atoms with Crippen molar-refractivity contribution in [2.45, 2.75) is 6.42 Å². The molecule has 0 aromatic heterocycles. The number of ketones is 1. The molecule has 0 aliphatic heterocycles. The number of hydrogen-bond acceptors (Lipinski definition) is 2. The maximum absolute atomic E-state index is 13.6. The highest BCUT2D eigenvalue weighted by atomic mass is 79.9. The van der Waals surface area contributed by atoms with Crippen molar-refractivity contribution in [2.24, 2.45) is 0 Å². The lowest BCUT2D eigenvalue weighted by molar-refractivity contribution is -0.120. The van der Waals surface area contributed by atoms with Crippen LogP contribution in [0.1, 0.15) is 5.56 Å². The first-order chi connectivity index (χ1) is 9.54. The maximum Gasteiger partial charge on any atom is 0.174 e. The van der Waals surface area contributed by atoms with E-state index in [1.165, 1.54) is 6.07 Å². The van der Waals surface area contributed by atoms with E-state index in [1.807, 2.05) is 0 Å².